The summed E-state index contributed by atoms with van der Waals surface area (Å²) in [5, 5.41) is 4.54. The maximum Gasteiger partial charge on any atom is 0.117 e. The molecule has 4 heteroatoms. The Morgan fingerprint density at radius 1 is 1.29 bits per heavy atom. The zero-order valence-corrected chi connectivity index (χ0v) is 11.4. The van der Waals surface area contributed by atoms with Crippen LogP contribution in [0.4, 0.5) is 0 Å². The van der Waals surface area contributed by atoms with Crippen LogP contribution in [0.5, 0.6) is 0 Å². The molecular formula is C13H18N2OS. The van der Waals surface area contributed by atoms with Crippen molar-refractivity contribution in [2.75, 3.05) is 6.54 Å². The van der Waals surface area contributed by atoms with Crippen molar-refractivity contribution < 1.29 is 4.42 Å². The monoisotopic (exact) mass is 250 g/mol. The molecule has 0 amide bonds. The fourth-order valence-corrected chi connectivity index (χ4v) is 2.74. The van der Waals surface area contributed by atoms with Crippen LogP contribution in [0.3, 0.4) is 0 Å². The number of hydrogen-bond acceptors (Lipinski definition) is 4. The predicted molar refractivity (Wildman–Crippen MR) is 70.4 cm³/mol. The van der Waals surface area contributed by atoms with Crippen molar-refractivity contribution in [2.45, 2.75) is 33.7 Å². The van der Waals surface area contributed by atoms with Crippen molar-refractivity contribution in [3.05, 3.63) is 39.2 Å². The Hall–Kier alpha value is -1.13. The largest absolute Gasteiger partial charge is 0.465 e. The minimum atomic E-state index is 0.796. The maximum absolute atomic E-state index is 5.49. The number of thiazole rings is 1. The lowest BCUT2D eigenvalue weighted by Gasteiger charge is -2.01. The fourth-order valence-electron chi connectivity index (χ4n) is 1.80. The molecule has 17 heavy (non-hydrogen) atoms. The highest BCUT2D eigenvalue weighted by atomic mass is 32.1. The van der Waals surface area contributed by atoms with Crippen molar-refractivity contribution in [1.29, 1.82) is 0 Å². The molecule has 0 saturated carbocycles. The van der Waals surface area contributed by atoms with Gasteiger partial charge >= 0.3 is 0 Å². The van der Waals surface area contributed by atoms with E-state index in [1.165, 1.54) is 10.6 Å². The molecule has 0 spiro atoms. The number of furan rings is 1. The summed E-state index contributed by atoms with van der Waals surface area (Å²) in [5.41, 5.74) is 1.17. The van der Waals surface area contributed by atoms with Crippen LogP contribution in [0.15, 0.2) is 16.5 Å². The number of hydrogen-bond donors (Lipinski definition) is 1. The first-order chi connectivity index (χ1) is 8.15. The molecule has 0 saturated heterocycles. The van der Waals surface area contributed by atoms with Crippen LogP contribution in [0.2, 0.25) is 0 Å². The Morgan fingerprint density at radius 2 is 2.12 bits per heavy atom. The molecule has 0 bridgehead atoms. The number of aromatic nitrogens is 1. The van der Waals surface area contributed by atoms with Crippen LogP contribution < -0.4 is 5.32 Å². The molecule has 0 aliphatic heterocycles. The van der Waals surface area contributed by atoms with Crippen molar-refractivity contribution >= 4 is 11.3 Å². The van der Waals surface area contributed by atoms with Crippen LogP contribution in [-0.4, -0.2) is 11.5 Å². The highest BCUT2D eigenvalue weighted by Crippen LogP contribution is 2.17. The molecule has 0 atom stereocenters. The molecule has 0 unspecified atom stereocenters. The summed E-state index contributed by atoms with van der Waals surface area (Å²) in [6.07, 6.45) is 1.04. The fraction of sp³-hybridized carbons (Fsp3) is 0.462. The predicted octanol–water partition coefficient (Wildman–Crippen LogP) is 2.99. The van der Waals surface area contributed by atoms with Gasteiger partial charge in [-0.15, -0.1) is 11.3 Å². The summed E-state index contributed by atoms with van der Waals surface area (Å²) in [6, 6.07) is 4.01. The van der Waals surface area contributed by atoms with Gasteiger partial charge in [-0.2, -0.15) is 0 Å². The van der Waals surface area contributed by atoms with E-state index in [1.54, 1.807) is 11.3 Å². The van der Waals surface area contributed by atoms with Gasteiger partial charge in [0.1, 0.15) is 11.5 Å². The molecule has 0 aliphatic carbocycles. The van der Waals surface area contributed by atoms with E-state index < -0.39 is 0 Å². The molecule has 0 fully saturated rings. The third-order valence-electron chi connectivity index (χ3n) is 2.62. The topological polar surface area (TPSA) is 38.1 Å². The maximum atomic E-state index is 5.49. The van der Waals surface area contributed by atoms with E-state index in [1.807, 2.05) is 19.1 Å². The Morgan fingerprint density at radius 3 is 2.71 bits per heavy atom. The first kappa shape index (κ1) is 12.3. The van der Waals surface area contributed by atoms with E-state index in [4.69, 9.17) is 4.42 Å². The number of aryl methyl sites for hydroxylation is 3. The molecular weight excluding hydrogens is 232 g/mol. The minimum Gasteiger partial charge on any atom is -0.465 e. The van der Waals surface area contributed by atoms with Crippen LogP contribution in [0.1, 0.15) is 27.1 Å². The van der Waals surface area contributed by atoms with Crippen molar-refractivity contribution in [3.8, 4) is 0 Å². The quantitative estimate of drug-likeness (QED) is 0.829. The van der Waals surface area contributed by atoms with Crippen LogP contribution >= 0.6 is 11.3 Å². The van der Waals surface area contributed by atoms with E-state index in [0.29, 0.717) is 0 Å². The number of nitrogens with zero attached hydrogens (tertiary/aromatic N) is 1. The molecule has 2 aromatic heterocycles. The molecule has 0 aromatic carbocycles. The van der Waals surface area contributed by atoms with Crippen molar-refractivity contribution in [3.63, 3.8) is 0 Å². The van der Waals surface area contributed by atoms with Gasteiger partial charge in [-0.05, 0) is 39.3 Å². The van der Waals surface area contributed by atoms with Crippen molar-refractivity contribution in [1.82, 2.24) is 10.3 Å². The Balaban J connectivity index is 1.75. The van der Waals surface area contributed by atoms with Crippen LogP contribution in [0, 0.1) is 20.8 Å². The molecule has 92 valence electrons. The Labute approximate surface area is 106 Å². The third-order valence-corrected chi connectivity index (χ3v) is 3.76. The SMILES string of the molecule is Cc1ccc(CNCCc2sc(C)nc2C)o1. The molecule has 2 aromatic rings. The minimum absolute atomic E-state index is 0.796. The summed E-state index contributed by atoms with van der Waals surface area (Å²) in [6.45, 7) is 7.86. The lowest BCUT2D eigenvalue weighted by molar-refractivity contribution is 0.463. The average Bonchev–Trinajstić information content (AvgIpc) is 2.81. The highest BCUT2D eigenvalue weighted by Gasteiger charge is 2.04. The molecule has 1 N–H and O–H groups in total. The van der Waals surface area contributed by atoms with Gasteiger partial charge in [-0.3, -0.25) is 0 Å². The standard InChI is InChI=1S/C13H18N2OS/c1-9-4-5-12(16-9)8-14-7-6-13-10(2)15-11(3)17-13/h4-5,14H,6-8H2,1-3H3. The molecule has 3 nitrogen and oxygen atoms in total. The molecule has 2 rings (SSSR count). The summed E-state index contributed by atoms with van der Waals surface area (Å²) in [5.74, 6) is 1.97. The molecule has 0 aliphatic rings. The Bertz CT molecular complexity index is 487. The zero-order valence-electron chi connectivity index (χ0n) is 10.5. The lowest BCUT2D eigenvalue weighted by Crippen LogP contribution is -2.16. The second kappa shape index (κ2) is 5.47. The van der Waals surface area contributed by atoms with Gasteiger partial charge in [0.2, 0.25) is 0 Å². The third kappa shape index (κ3) is 3.41. The summed E-state index contributed by atoms with van der Waals surface area (Å²) >= 11 is 1.79. The Kier molecular flexibility index (Phi) is 3.97. The van der Waals surface area contributed by atoms with Crippen LogP contribution in [0.25, 0.3) is 0 Å². The number of nitrogens with one attached hydrogen (secondary N) is 1. The summed E-state index contributed by atoms with van der Waals surface area (Å²) in [4.78, 5) is 5.80. The highest BCUT2D eigenvalue weighted by molar-refractivity contribution is 7.11. The van der Waals surface area contributed by atoms with Gasteiger partial charge in [0.25, 0.3) is 0 Å². The van der Waals surface area contributed by atoms with E-state index >= 15 is 0 Å². The lowest BCUT2D eigenvalue weighted by atomic mass is 10.3. The molecule has 0 radical (unpaired) electrons. The van der Waals surface area contributed by atoms with E-state index in [-0.39, 0.29) is 0 Å². The van der Waals surface area contributed by atoms with Gasteiger partial charge in [-0.1, -0.05) is 0 Å². The second-order valence-electron chi connectivity index (χ2n) is 4.18. The smallest absolute Gasteiger partial charge is 0.117 e. The molecule has 2 heterocycles. The second-order valence-corrected chi connectivity index (χ2v) is 5.47. The van der Waals surface area contributed by atoms with E-state index in [2.05, 4.69) is 24.1 Å². The van der Waals surface area contributed by atoms with Crippen LogP contribution in [-0.2, 0) is 13.0 Å². The van der Waals surface area contributed by atoms with E-state index in [9.17, 15) is 0 Å². The van der Waals surface area contributed by atoms with Gasteiger partial charge in [0, 0.05) is 11.4 Å². The average molecular weight is 250 g/mol. The summed E-state index contributed by atoms with van der Waals surface area (Å²) in [7, 11) is 0. The van der Waals surface area contributed by atoms with Gasteiger partial charge in [0.05, 0.1) is 17.2 Å². The first-order valence-electron chi connectivity index (χ1n) is 5.84. The normalized spacial score (nSPS) is 11.0. The van der Waals surface area contributed by atoms with E-state index in [0.717, 1.165) is 36.0 Å². The van der Waals surface area contributed by atoms with Gasteiger partial charge in [0.15, 0.2) is 0 Å². The number of rotatable bonds is 5. The first-order valence-corrected chi connectivity index (χ1v) is 6.66. The van der Waals surface area contributed by atoms with Crippen molar-refractivity contribution in [2.24, 2.45) is 0 Å². The zero-order chi connectivity index (χ0) is 12.3. The summed E-state index contributed by atoms with van der Waals surface area (Å²) < 4.78 is 5.49. The van der Waals surface area contributed by atoms with Gasteiger partial charge in [-0.25, -0.2) is 4.98 Å². The van der Waals surface area contributed by atoms with Gasteiger partial charge < -0.3 is 9.73 Å².